The summed E-state index contributed by atoms with van der Waals surface area (Å²) < 4.78 is 37.8. The fourth-order valence-corrected chi connectivity index (χ4v) is 4.81. The van der Waals surface area contributed by atoms with Gasteiger partial charge in [-0.3, -0.25) is 13.7 Å². The molecule has 1 aromatic carbocycles. The minimum Gasteiger partial charge on any atom is -0.381 e. The number of rotatable bonds is 3. The average molecular weight is 476 g/mol. The highest BCUT2D eigenvalue weighted by Crippen LogP contribution is 2.36. The van der Waals surface area contributed by atoms with Crippen LogP contribution in [0.2, 0.25) is 5.02 Å². The summed E-state index contributed by atoms with van der Waals surface area (Å²) in [5.41, 5.74) is 1.96. The predicted molar refractivity (Wildman–Crippen MR) is 119 cm³/mol. The van der Waals surface area contributed by atoms with Crippen molar-refractivity contribution in [3.63, 3.8) is 0 Å². The van der Waals surface area contributed by atoms with E-state index >= 15 is 0 Å². The van der Waals surface area contributed by atoms with Crippen molar-refractivity contribution in [3.05, 3.63) is 40.0 Å². The molecule has 0 saturated carbocycles. The summed E-state index contributed by atoms with van der Waals surface area (Å²) in [6.07, 6.45) is 2.90. The number of halogens is 3. The summed E-state index contributed by atoms with van der Waals surface area (Å²) in [5.74, 6) is -2.26. The van der Waals surface area contributed by atoms with Crippen molar-refractivity contribution in [1.29, 1.82) is 0 Å². The molecule has 0 aliphatic carbocycles. The third-order valence-corrected chi connectivity index (χ3v) is 6.55. The number of nitrogens with zero attached hydrogens (tertiary/aromatic N) is 7. The van der Waals surface area contributed by atoms with Crippen molar-refractivity contribution in [2.24, 2.45) is 7.05 Å². The molecule has 4 aromatic rings. The van der Waals surface area contributed by atoms with E-state index in [1.165, 1.54) is 9.47 Å². The van der Waals surface area contributed by atoms with Crippen LogP contribution in [0.25, 0.3) is 28.1 Å². The molecule has 0 N–H and O–H groups in total. The van der Waals surface area contributed by atoms with E-state index in [4.69, 9.17) is 21.3 Å². The van der Waals surface area contributed by atoms with Crippen LogP contribution in [0.1, 0.15) is 18.9 Å². The lowest BCUT2D eigenvalue weighted by Crippen LogP contribution is -2.56. The van der Waals surface area contributed by atoms with Gasteiger partial charge < -0.3 is 9.64 Å². The van der Waals surface area contributed by atoms with Gasteiger partial charge in [0.05, 0.1) is 24.1 Å². The molecule has 0 atom stereocenters. The smallest absolute Gasteiger partial charge is 0.330 e. The second-order valence-electron chi connectivity index (χ2n) is 8.53. The van der Waals surface area contributed by atoms with Crippen molar-refractivity contribution < 1.29 is 13.5 Å². The third-order valence-electron chi connectivity index (χ3n) is 6.32. The second kappa shape index (κ2) is 7.22. The Kier molecular flexibility index (Phi) is 4.50. The number of alkyl halides is 2. The van der Waals surface area contributed by atoms with Gasteiger partial charge in [0.25, 0.3) is 5.92 Å². The molecule has 6 rings (SSSR count). The van der Waals surface area contributed by atoms with Crippen LogP contribution in [0.3, 0.4) is 0 Å². The van der Waals surface area contributed by atoms with E-state index in [9.17, 15) is 13.6 Å². The van der Waals surface area contributed by atoms with Crippen molar-refractivity contribution in [1.82, 2.24) is 28.7 Å². The number of imidazole rings is 2. The Balaban J connectivity index is 1.62. The van der Waals surface area contributed by atoms with Gasteiger partial charge in [-0.15, -0.1) is 0 Å². The first-order valence-electron chi connectivity index (χ1n) is 10.6. The van der Waals surface area contributed by atoms with Gasteiger partial charge in [-0.1, -0.05) is 11.6 Å². The van der Waals surface area contributed by atoms with E-state index < -0.39 is 19.0 Å². The van der Waals surface area contributed by atoms with Gasteiger partial charge >= 0.3 is 5.69 Å². The molecule has 3 aromatic heterocycles. The Hall–Kier alpha value is -3.05. The molecule has 172 valence electrons. The zero-order chi connectivity index (χ0) is 22.9. The average Bonchev–Trinajstić information content (AvgIpc) is 3.30. The van der Waals surface area contributed by atoms with Crippen molar-refractivity contribution in [3.8, 4) is 5.95 Å². The van der Waals surface area contributed by atoms with E-state index in [0.29, 0.717) is 59.1 Å². The maximum atomic E-state index is 13.8. The van der Waals surface area contributed by atoms with Crippen molar-refractivity contribution in [2.75, 3.05) is 31.2 Å². The van der Waals surface area contributed by atoms with Gasteiger partial charge in [0.15, 0.2) is 11.5 Å². The largest absolute Gasteiger partial charge is 0.381 e. The number of fused-ring (bicyclic) bond motifs is 2. The van der Waals surface area contributed by atoms with E-state index in [-0.39, 0.29) is 17.7 Å². The Bertz CT molecular complexity index is 1450. The molecule has 9 nitrogen and oxygen atoms in total. The minimum absolute atomic E-state index is 0.0997. The van der Waals surface area contributed by atoms with Crippen LogP contribution < -0.4 is 10.6 Å². The molecule has 2 aliphatic heterocycles. The summed E-state index contributed by atoms with van der Waals surface area (Å²) in [4.78, 5) is 28.5. The standard InChI is InChI=1S/C21H20ClF2N7O2/c1-28-16-17(29-9-21(23,24)10-29)26-19(30-11-25-14-3-2-12(22)8-15(14)30)27-18(16)31(20(28)32)13-4-6-33-7-5-13/h2-3,8,11,13H,4-7,9-10H2,1H3. The monoisotopic (exact) mass is 475 g/mol. The van der Waals surface area contributed by atoms with Crippen LogP contribution in [0, 0.1) is 0 Å². The highest BCUT2D eigenvalue weighted by atomic mass is 35.5. The summed E-state index contributed by atoms with van der Waals surface area (Å²) in [7, 11) is 1.62. The molecule has 0 unspecified atom stereocenters. The van der Waals surface area contributed by atoms with Gasteiger partial charge in [0.1, 0.15) is 11.8 Å². The normalized spacial score (nSPS) is 18.8. The number of aromatic nitrogens is 6. The Morgan fingerprint density at radius 2 is 1.94 bits per heavy atom. The first-order valence-corrected chi connectivity index (χ1v) is 11.0. The summed E-state index contributed by atoms with van der Waals surface area (Å²) >= 11 is 6.19. The molecule has 2 aliphatic rings. The molecular formula is C21H20ClF2N7O2. The molecule has 0 amide bonds. The fourth-order valence-electron chi connectivity index (χ4n) is 4.64. The van der Waals surface area contributed by atoms with Crippen molar-refractivity contribution in [2.45, 2.75) is 24.8 Å². The van der Waals surface area contributed by atoms with Gasteiger partial charge in [-0.25, -0.2) is 18.6 Å². The summed E-state index contributed by atoms with van der Waals surface area (Å²) in [6.45, 7) is 0.153. The number of anilines is 1. The topological polar surface area (TPSA) is 83.0 Å². The summed E-state index contributed by atoms with van der Waals surface area (Å²) in [6, 6.07) is 5.16. The van der Waals surface area contributed by atoms with Gasteiger partial charge in [0, 0.05) is 31.3 Å². The lowest BCUT2D eigenvalue weighted by Gasteiger charge is -2.39. The molecule has 5 heterocycles. The van der Waals surface area contributed by atoms with Crippen LogP contribution in [0.5, 0.6) is 0 Å². The number of ether oxygens (including phenoxy) is 1. The number of hydrogen-bond donors (Lipinski definition) is 0. The number of aryl methyl sites for hydroxylation is 1. The first kappa shape index (κ1) is 20.5. The Morgan fingerprint density at radius 3 is 2.67 bits per heavy atom. The molecule has 12 heteroatoms. The quantitative estimate of drug-likeness (QED) is 0.453. The van der Waals surface area contributed by atoms with Gasteiger partial charge in [0.2, 0.25) is 5.95 Å². The molecule has 2 saturated heterocycles. The van der Waals surface area contributed by atoms with Crippen molar-refractivity contribution >= 4 is 39.6 Å². The molecule has 0 bridgehead atoms. The lowest BCUT2D eigenvalue weighted by molar-refractivity contribution is -0.0265. The minimum atomic E-state index is -2.80. The third kappa shape index (κ3) is 3.21. The Morgan fingerprint density at radius 1 is 1.18 bits per heavy atom. The number of benzene rings is 1. The SMILES string of the molecule is Cn1c(=O)n(C2CCOCC2)c2nc(-n3cnc4ccc(Cl)cc43)nc(N3CC(F)(F)C3)c21. The van der Waals surface area contributed by atoms with Crippen LogP contribution in [-0.2, 0) is 11.8 Å². The van der Waals surface area contributed by atoms with E-state index in [2.05, 4.69) is 9.97 Å². The molecule has 33 heavy (non-hydrogen) atoms. The molecule has 2 fully saturated rings. The molecule has 0 radical (unpaired) electrons. The highest BCUT2D eigenvalue weighted by molar-refractivity contribution is 6.31. The zero-order valence-electron chi connectivity index (χ0n) is 17.7. The predicted octanol–water partition coefficient (Wildman–Crippen LogP) is 2.93. The Labute approximate surface area is 191 Å². The van der Waals surface area contributed by atoms with Crippen LogP contribution >= 0.6 is 11.6 Å². The maximum Gasteiger partial charge on any atom is 0.330 e. The van der Waals surface area contributed by atoms with Crippen LogP contribution in [0.15, 0.2) is 29.3 Å². The second-order valence-corrected chi connectivity index (χ2v) is 8.97. The first-order chi connectivity index (χ1) is 15.8. The van der Waals surface area contributed by atoms with E-state index in [1.54, 1.807) is 40.7 Å². The molecule has 0 spiro atoms. The fraction of sp³-hybridized carbons (Fsp3) is 0.429. The van der Waals surface area contributed by atoms with E-state index in [0.717, 1.165) is 0 Å². The van der Waals surface area contributed by atoms with Crippen LogP contribution in [-0.4, -0.2) is 60.9 Å². The van der Waals surface area contributed by atoms with Gasteiger partial charge in [-0.2, -0.15) is 9.97 Å². The highest BCUT2D eigenvalue weighted by Gasteiger charge is 2.46. The molecular weight excluding hydrogens is 456 g/mol. The maximum absolute atomic E-state index is 13.8. The van der Waals surface area contributed by atoms with Crippen LogP contribution in [0.4, 0.5) is 14.6 Å². The van der Waals surface area contributed by atoms with E-state index in [1.807, 2.05) is 0 Å². The number of hydrogen-bond acceptors (Lipinski definition) is 6. The van der Waals surface area contributed by atoms with Gasteiger partial charge in [-0.05, 0) is 31.0 Å². The summed E-state index contributed by atoms with van der Waals surface area (Å²) in [5, 5.41) is 0.520. The lowest BCUT2D eigenvalue weighted by atomic mass is 10.1. The zero-order valence-corrected chi connectivity index (χ0v) is 18.5.